The van der Waals surface area contributed by atoms with Crippen molar-refractivity contribution >= 4 is 35.3 Å². The molecule has 0 bridgehead atoms. The van der Waals surface area contributed by atoms with Crippen molar-refractivity contribution in [2.45, 2.75) is 27.7 Å². The van der Waals surface area contributed by atoms with E-state index in [1.165, 1.54) is 30.5 Å². The van der Waals surface area contributed by atoms with Crippen LogP contribution in [0.25, 0.3) is 5.69 Å². The first-order chi connectivity index (χ1) is 15.2. The van der Waals surface area contributed by atoms with E-state index >= 15 is 0 Å². The normalized spacial score (nSPS) is 10.9. The third kappa shape index (κ3) is 5.00. The number of carbonyl (C=O) groups is 2. The summed E-state index contributed by atoms with van der Waals surface area (Å²) in [6.07, 6.45) is 1.52. The second-order valence-corrected chi connectivity index (χ2v) is 7.84. The number of methoxy groups -OCH3 is 1. The summed E-state index contributed by atoms with van der Waals surface area (Å²) in [4.78, 5) is 24.2. The van der Waals surface area contributed by atoms with E-state index in [0.29, 0.717) is 16.5 Å². The molecule has 0 radical (unpaired) electrons. The van der Waals surface area contributed by atoms with E-state index in [4.69, 9.17) is 16.3 Å². The highest BCUT2D eigenvalue weighted by molar-refractivity contribution is 6.40. The average Bonchev–Trinajstić information content (AvgIpc) is 3.03. The number of anilines is 1. The van der Waals surface area contributed by atoms with E-state index in [-0.39, 0.29) is 0 Å². The first-order valence-corrected chi connectivity index (χ1v) is 10.3. The molecule has 1 aromatic heterocycles. The van der Waals surface area contributed by atoms with Crippen molar-refractivity contribution in [1.82, 2.24) is 9.99 Å². The molecule has 3 rings (SSSR count). The van der Waals surface area contributed by atoms with Crippen LogP contribution in [0.15, 0.2) is 47.6 Å². The van der Waals surface area contributed by atoms with Crippen LogP contribution in [0.2, 0.25) is 5.02 Å². The molecule has 0 fully saturated rings. The van der Waals surface area contributed by atoms with E-state index in [1.54, 1.807) is 12.1 Å². The number of ether oxygens (including phenoxy) is 1. The Morgan fingerprint density at radius 2 is 1.75 bits per heavy atom. The van der Waals surface area contributed by atoms with Gasteiger partial charge in [-0.05, 0) is 75.2 Å². The number of hydrazone groups is 1. The lowest BCUT2D eigenvalue weighted by molar-refractivity contribution is -0.136. The predicted octanol–water partition coefficient (Wildman–Crippen LogP) is 4.46. The van der Waals surface area contributed by atoms with Gasteiger partial charge in [0.05, 0.1) is 18.3 Å². The minimum Gasteiger partial charge on any atom is -0.495 e. The standard InChI is InChI=1S/C24H25ClN4O3/c1-14-6-8-20(10-15(14)2)29-16(3)11-18(17(29)4)13-26-28-24(31)23(30)27-19-7-9-22(32-5)21(25)12-19/h6-13H,1-5H3,(H,27,30)(H,28,31)/b26-13-. The molecule has 8 heteroatoms. The maximum absolute atomic E-state index is 12.1. The van der Waals surface area contributed by atoms with Gasteiger partial charge in [0.15, 0.2) is 0 Å². The van der Waals surface area contributed by atoms with Gasteiger partial charge in [-0.15, -0.1) is 0 Å². The van der Waals surface area contributed by atoms with Crippen LogP contribution < -0.4 is 15.5 Å². The molecule has 0 unspecified atom stereocenters. The second-order valence-electron chi connectivity index (χ2n) is 7.43. The number of amides is 2. The molecule has 32 heavy (non-hydrogen) atoms. The summed E-state index contributed by atoms with van der Waals surface area (Å²) in [6, 6.07) is 12.9. The maximum Gasteiger partial charge on any atom is 0.329 e. The maximum atomic E-state index is 12.1. The Bertz CT molecular complexity index is 1210. The molecular weight excluding hydrogens is 428 g/mol. The molecule has 2 N–H and O–H groups in total. The quantitative estimate of drug-likeness (QED) is 0.340. The fourth-order valence-electron chi connectivity index (χ4n) is 3.32. The van der Waals surface area contributed by atoms with Crippen LogP contribution in [0.4, 0.5) is 5.69 Å². The second kappa shape index (κ2) is 9.70. The van der Waals surface area contributed by atoms with Gasteiger partial charge in [-0.2, -0.15) is 5.10 Å². The van der Waals surface area contributed by atoms with Crippen molar-refractivity contribution in [2.24, 2.45) is 5.10 Å². The van der Waals surface area contributed by atoms with Crippen molar-refractivity contribution in [3.63, 3.8) is 0 Å². The first kappa shape index (κ1) is 23.1. The first-order valence-electron chi connectivity index (χ1n) is 9.95. The van der Waals surface area contributed by atoms with E-state index < -0.39 is 11.8 Å². The van der Waals surface area contributed by atoms with Crippen molar-refractivity contribution in [3.05, 3.63) is 75.6 Å². The Morgan fingerprint density at radius 1 is 1.00 bits per heavy atom. The molecule has 0 atom stereocenters. The molecule has 0 saturated carbocycles. The molecule has 2 amide bonds. The number of nitrogens with zero attached hydrogens (tertiary/aromatic N) is 2. The summed E-state index contributed by atoms with van der Waals surface area (Å²) >= 11 is 6.03. The number of hydrogen-bond acceptors (Lipinski definition) is 4. The number of benzene rings is 2. The van der Waals surface area contributed by atoms with E-state index in [9.17, 15) is 9.59 Å². The third-order valence-corrected chi connectivity index (χ3v) is 5.50. The topological polar surface area (TPSA) is 84.7 Å². The molecule has 0 spiro atoms. The lowest BCUT2D eigenvalue weighted by Crippen LogP contribution is -2.32. The molecule has 0 aliphatic heterocycles. The molecular formula is C24H25ClN4O3. The summed E-state index contributed by atoms with van der Waals surface area (Å²) in [7, 11) is 1.49. The molecule has 166 valence electrons. The lowest BCUT2D eigenvalue weighted by Gasteiger charge is -2.11. The smallest absolute Gasteiger partial charge is 0.329 e. The summed E-state index contributed by atoms with van der Waals surface area (Å²) in [5, 5.41) is 6.74. The number of aryl methyl sites for hydroxylation is 3. The number of halogens is 1. The monoisotopic (exact) mass is 452 g/mol. The van der Waals surface area contributed by atoms with Gasteiger partial charge in [-0.3, -0.25) is 9.59 Å². The minimum atomic E-state index is -0.892. The van der Waals surface area contributed by atoms with E-state index in [1.807, 2.05) is 19.9 Å². The Hall–Kier alpha value is -3.58. The highest BCUT2D eigenvalue weighted by Gasteiger charge is 2.14. The molecule has 7 nitrogen and oxygen atoms in total. The van der Waals surface area contributed by atoms with Crippen LogP contribution in [-0.4, -0.2) is 29.7 Å². The number of carbonyl (C=O) groups excluding carboxylic acids is 2. The minimum absolute atomic E-state index is 0.322. The summed E-state index contributed by atoms with van der Waals surface area (Å²) in [6.45, 7) is 8.14. The van der Waals surface area contributed by atoms with Crippen molar-refractivity contribution in [2.75, 3.05) is 12.4 Å². The zero-order valence-corrected chi connectivity index (χ0v) is 19.4. The number of aromatic nitrogens is 1. The highest BCUT2D eigenvalue weighted by Crippen LogP contribution is 2.27. The predicted molar refractivity (Wildman–Crippen MR) is 127 cm³/mol. The highest BCUT2D eigenvalue weighted by atomic mass is 35.5. The van der Waals surface area contributed by atoms with Crippen LogP contribution >= 0.6 is 11.6 Å². The van der Waals surface area contributed by atoms with Crippen LogP contribution in [0.1, 0.15) is 28.1 Å². The van der Waals surface area contributed by atoms with Crippen molar-refractivity contribution < 1.29 is 14.3 Å². The Morgan fingerprint density at radius 3 is 2.41 bits per heavy atom. The van der Waals surface area contributed by atoms with E-state index in [2.05, 4.69) is 52.5 Å². The van der Waals surface area contributed by atoms with Crippen LogP contribution in [0, 0.1) is 27.7 Å². The third-order valence-electron chi connectivity index (χ3n) is 5.20. The fourth-order valence-corrected chi connectivity index (χ4v) is 3.58. The number of nitrogens with one attached hydrogen (secondary N) is 2. The molecule has 0 aliphatic rings. The summed E-state index contributed by atoms with van der Waals surface area (Å²) < 4.78 is 7.18. The Labute approximate surface area is 192 Å². The molecule has 0 aliphatic carbocycles. The average molecular weight is 453 g/mol. The summed E-state index contributed by atoms with van der Waals surface area (Å²) in [5.74, 6) is -1.28. The van der Waals surface area contributed by atoms with Crippen molar-refractivity contribution in [3.8, 4) is 11.4 Å². The fraction of sp³-hybridized carbons (Fsp3) is 0.208. The zero-order chi connectivity index (χ0) is 23.4. The van der Waals surface area contributed by atoms with Gasteiger partial charge in [0.25, 0.3) is 0 Å². The van der Waals surface area contributed by atoms with Crippen LogP contribution in [-0.2, 0) is 9.59 Å². The van der Waals surface area contributed by atoms with Crippen LogP contribution in [0.5, 0.6) is 5.75 Å². The van der Waals surface area contributed by atoms with Gasteiger partial charge in [-0.1, -0.05) is 17.7 Å². The van der Waals surface area contributed by atoms with Gasteiger partial charge >= 0.3 is 11.8 Å². The largest absolute Gasteiger partial charge is 0.495 e. The Kier molecular flexibility index (Phi) is 7.00. The number of hydrogen-bond donors (Lipinski definition) is 2. The van der Waals surface area contributed by atoms with Crippen LogP contribution in [0.3, 0.4) is 0 Å². The SMILES string of the molecule is COc1ccc(NC(=O)C(=O)N/N=C\c2cc(C)n(-c3ccc(C)c(C)c3)c2C)cc1Cl. The lowest BCUT2D eigenvalue weighted by atomic mass is 10.1. The zero-order valence-electron chi connectivity index (χ0n) is 18.6. The number of rotatable bonds is 5. The van der Waals surface area contributed by atoms with Gasteiger partial charge < -0.3 is 14.6 Å². The van der Waals surface area contributed by atoms with Gasteiger partial charge in [0.1, 0.15) is 5.75 Å². The van der Waals surface area contributed by atoms with Crippen molar-refractivity contribution in [1.29, 1.82) is 0 Å². The molecule has 3 aromatic rings. The molecule has 1 heterocycles. The Balaban J connectivity index is 1.68. The van der Waals surface area contributed by atoms with Gasteiger partial charge in [0, 0.05) is 28.3 Å². The summed E-state index contributed by atoms with van der Waals surface area (Å²) in [5.41, 5.74) is 8.97. The van der Waals surface area contributed by atoms with Gasteiger partial charge in [0.2, 0.25) is 0 Å². The van der Waals surface area contributed by atoms with Gasteiger partial charge in [-0.25, -0.2) is 5.43 Å². The molecule has 2 aromatic carbocycles. The molecule has 0 saturated heterocycles. The van der Waals surface area contributed by atoms with E-state index in [0.717, 1.165) is 22.6 Å².